The number of anilines is 1. The lowest BCUT2D eigenvalue weighted by atomic mass is 10.00. The predicted octanol–water partition coefficient (Wildman–Crippen LogP) is 2.19. The van der Waals surface area contributed by atoms with Crippen molar-refractivity contribution in [3.63, 3.8) is 0 Å². The van der Waals surface area contributed by atoms with E-state index in [0.29, 0.717) is 30.9 Å². The molecule has 2 aliphatic heterocycles. The number of nitrogens with one attached hydrogen (secondary N) is 1. The van der Waals surface area contributed by atoms with E-state index in [1.807, 2.05) is 16.0 Å². The Hall–Kier alpha value is -3.03. The second kappa shape index (κ2) is 8.14. The number of aromatic nitrogens is 3. The van der Waals surface area contributed by atoms with Crippen LogP contribution in [0.1, 0.15) is 59.7 Å². The summed E-state index contributed by atoms with van der Waals surface area (Å²) in [6.07, 6.45) is 7.17. The van der Waals surface area contributed by atoms with Crippen molar-refractivity contribution >= 4 is 17.6 Å². The van der Waals surface area contributed by atoms with Crippen molar-refractivity contribution in [2.75, 3.05) is 25.5 Å². The van der Waals surface area contributed by atoms with Crippen LogP contribution in [-0.2, 0) is 17.8 Å². The van der Waals surface area contributed by atoms with Crippen LogP contribution >= 0.6 is 0 Å². The highest BCUT2D eigenvalue weighted by Crippen LogP contribution is 2.30. The van der Waals surface area contributed by atoms with Crippen molar-refractivity contribution in [1.29, 1.82) is 0 Å². The number of nitrogens with zero attached hydrogens (tertiary/aromatic N) is 5. The summed E-state index contributed by atoms with van der Waals surface area (Å²) in [5, 5.41) is 2.96. The molecule has 0 bridgehead atoms. The Balaban J connectivity index is 1.52. The third-order valence-corrected chi connectivity index (χ3v) is 5.71. The maximum Gasteiger partial charge on any atom is 0.254 e. The predicted molar refractivity (Wildman–Crippen MR) is 108 cm³/mol. The SMILES string of the molecule is CNc1cc(C(=O)N2CCc3nc(C4CCCCN4C(C)=O)ncc3C2)ccn1. The fourth-order valence-electron chi connectivity index (χ4n) is 4.13. The van der Waals surface area contributed by atoms with E-state index in [1.165, 1.54) is 0 Å². The van der Waals surface area contributed by atoms with Crippen molar-refractivity contribution in [1.82, 2.24) is 24.8 Å². The number of rotatable bonds is 3. The van der Waals surface area contributed by atoms with Crippen LogP contribution in [0.4, 0.5) is 5.82 Å². The molecule has 0 aliphatic carbocycles. The highest BCUT2D eigenvalue weighted by atomic mass is 16.2. The molecule has 1 N–H and O–H groups in total. The first-order valence-corrected chi connectivity index (χ1v) is 10.1. The van der Waals surface area contributed by atoms with Crippen molar-refractivity contribution in [3.05, 3.63) is 47.2 Å². The summed E-state index contributed by atoms with van der Waals surface area (Å²) < 4.78 is 0. The smallest absolute Gasteiger partial charge is 0.254 e. The number of fused-ring (bicyclic) bond motifs is 1. The summed E-state index contributed by atoms with van der Waals surface area (Å²) in [6.45, 7) is 3.48. The molecule has 1 saturated heterocycles. The van der Waals surface area contributed by atoms with E-state index in [9.17, 15) is 9.59 Å². The van der Waals surface area contributed by atoms with Gasteiger partial charge >= 0.3 is 0 Å². The van der Waals surface area contributed by atoms with Crippen molar-refractivity contribution in [2.45, 2.75) is 45.2 Å². The molecule has 0 saturated carbocycles. The van der Waals surface area contributed by atoms with Gasteiger partial charge in [0.1, 0.15) is 5.82 Å². The van der Waals surface area contributed by atoms with Crippen LogP contribution in [0.5, 0.6) is 0 Å². The number of carbonyl (C=O) groups excluding carboxylic acids is 2. The average Bonchev–Trinajstić information content (AvgIpc) is 2.77. The Morgan fingerprint density at radius 2 is 2.07 bits per heavy atom. The van der Waals surface area contributed by atoms with Crippen LogP contribution < -0.4 is 5.32 Å². The van der Waals surface area contributed by atoms with Crippen molar-refractivity contribution < 1.29 is 9.59 Å². The summed E-state index contributed by atoms with van der Waals surface area (Å²) in [7, 11) is 1.78. The zero-order valence-corrected chi connectivity index (χ0v) is 16.9. The van der Waals surface area contributed by atoms with Crippen LogP contribution in [0.15, 0.2) is 24.5 Å². The molecular formula is C21H26N6O2. The van der Waals surface area contributed by atoms with Crippen LogP contribution in [0, 0.1) is 0 Å². The van der Waals surface area contributed by atoms with Gasteiger partial charge in [0.25, 0.3) is 5.91 Å². The molecule has 2 aromatic heterocycles. The van der Waals surface area contributed by atoms with Gasteiger partial charge in [-0.2, -0.15) is 0 Å². The zero-order valence-electron chi connectivity index (χ0n) is 16.9. The fourth-order valence-corrected chi connectivity index (χ4v) is 4.13. The van der Waals surface area contributed by atoms with Gasteiger partial charge in [0.05, 0.1) is 11.7 Å². The van der Waals surface area contributed by atoms with Gasteiger partial charge in [0, 0.05) is 63.5 Å². The Morgan fingerprint density at radius 3 is 2.86 bits per heavy atom. The number of carbonyl (C=O) groups is 2. The Labute approximate surface area is 170 Å². The van der Waals surface area contributed by atoms with Crippen molar-refractivity contribution in [3.8, 4) is 0 Å². The quantitative estimate of drug-likeness (QED) is 0.858. The second-order valence-corrected chi connectivity index (χ2v) is 7.58. The van der Waals surface area contributed by atoms with Gasteiger partial charge < -0.3 is 15.1 Å². The van der Waals surface area contributed by atoms with E-state index >= 15 is 0 Å². The van der Waals surface area contributed by atoms with Gasteiger partial charge in [-0.05, 0) is 31.4 Å². The van der Waals surface area contributed by atoms with Gasteiger partial charge in [-0.15, -0.1) is 0 Å². The topological polar surface area (TPSA) is 91.3 Å². The Bertz CT molecular complexity index is 931. The molecular weight excluding hydrogens is 368 g/mol. The van der Waals surface area contributed by atoms with Crippen LogP contribution in [0.2, 0.25) is 0 Å². The number of amides is 2. The third-order valence-electron chi connectivity index (χ3n) is 5.71. The summed E-state index contributed by atoms with van der Waals surface area (Å²) in [5.74, 6) is 1.45. The van der Waals surface area contributed by atoms with E-state index in [1.54, 1.807) is 32.3 Å². The van der Waals surface area contributed by atoms with Gasteiger partial charge in [0.15, 0.2) is 5.82 Å². The molecule has 2 amide bonds. The molecule has 2 aliphatic rings. The molecule has 1 unspecified atom stereocenters. The molecule has 1 fully saturated rings. The first kappa shape index (κ1) is 19.3. The molecule has 0 spiro atoms. The normalized spacial score (nSPS) is 18.9. The number of hydrogen-bond donors (Lipinski definition) is 1. The van der Waals surface area contributed by atoms with Crippen LogP contribution in [-0.4, -0.2) is 56.7 Å². The lowest BCUT2D eigenvalue weighted by Crippen LogP contribution is -2.39. The number of hydrogen-bond acceptors (Lipinski definition) is 6. The largest absolute Gasteiger partial charge is 0.373 e. The molecule has 1 atom stereocenters. The average molecular weight is 394 g/mol. The minimum Gasteiger partial charge on any atom is -0.373 e. The number of likely N-dealkylation sites (tertiary alicyclic amines) is 1. The molecule has 0 radical (unpaired) electrons. The Kier molecular flexibility index (Phi) is 5.42. The summed E-state index contributed by atoms with van der Waals surface area (Å²) in [5.41, 5.74) is 2.57. The van der Waals surface area contributed by atoms with E-state index in [-0.39, 0.29) is 17.9 Å². The third kappa shape index (κ3) is 3.92. The number of pyridine rings is 1. The molecule has 152 valence electrons. The van der Waals surface area contributed by atoms with Gasteiger partial charge in [-0.3, -0.25) is 9.59 Å². The van der Waals surface area contributed by atoms with Gasteiger partial charge in [0.2, 0.25) is 5.91 Å². The first-order chi connectivity index (χ1) is 14.1. The maximum atomic E-state index is 12.9. The van der Waals surface area contributed by atoms with Crippen LogP contribution in [0.25, 0.3) is 0 Å². The highest BCUT2D eigenvalue weighted by Gasteiger charge is 2.30. The zero-order chi connectivity index (χ0) is 20.4. The molecule has 0 aromatic carbocycles. The maximum absolute atomic E-state index is 12.9. The summed E-state index contributed by atoms with van der Waals surface area (Å²) >= 11 is 0. The molecule has 4 rings (SSSR count). The Morgan fingerprint density at radius 1 is 1.21 bits per heavy atom. The monoisotopic (exact) mass is 394 g/mol. The van der Waals surface area contributed by atoms with Gasteiger partial charge in [-0.25, -0.2) is 15.0 Å². The van der Waals surface area contributed by atoms with Crippen molar-refractivity contribution in [2.24, 2.45) is 0 Å². The standard InChI is InChI=1S/C21H26N6O2/c1-14(28)27-9-4-3-5-18(27)20-24-12-16-13-26(10-7-17(16)25-20)21(29)15-6-8-23-19(11-15)22-2/h6,8,11-12,18H,3-5,7,9-10,13H2,1-2H3,(H,22,23). The minimum absolute atomic E-state index is 0.0198. The molecule has 8 heteroatoms. The van der Waals surface area contributed by atoms with Gasteiger partial charge in [-0.1, -0.05) is 0 Å². The van der Waals surface area contributed by atoms with Crippen LogP contribution in [0.3, 0.4) is 0 Å². The summed E-state index contributed by atoms with van der Waals surface area (Å²) in [4.78, 5) is 42.1. The fraction of sp³-hybridized carbons (Fsp3) is 0.476. The molecule has 29 heavy (non-hydrogen) atoms. The van der Waals surface area contributed by atoms with E-state index in [2.05, 4.69) is 15.3 Å². The highest BCUT2D eigenvalue weighted by molar-refractivity contribution is 5.95. The first-order valence-electron chi connectivity index (χ1n) is 10.1. The molecule has 4 heterocycles. The van der Waals surface area contributed by atoms with E-state index in [0.717, 1.165) is 42.9 Å². The van der Waals surface area contributed by atoms with E-state index < -0.39 is 0 Å². The second-order valence-electron chi connectivity index (χ2n) is 7.58. The van der Waals surface area contributed by atoms with E-state index in [4.69, 9.17) is 4.98 Å². The molecule has 2 aromatic rings. The minimum atomic E-state index is -0.0389. The lowest BCUT2D eigenvalue weighted by molar-refractivity contribution is -0.132. The molecule has 8 nitrogen and oxygen atoms in total. The summed E-state index contributed by atoms with van der Waals surface area (Å²) in [6, 6.07) is 3.46. The lowest BCUT2D eigenvalue weighted by Gasteiger charge is -2.35. The number of piperidine rings is 1.